The van der Waals surface area contributed by atoms with Crippen LogP contribution in [0.15, 0.2) is 48.5 Å². The third-order valence-corrected chi connectivity index (χ3v) is 21.1. The molecule has 4 amide bonds. The van der Waals surface area contributed by atoms with Crippen LogP contribution in [0, 0.1) is 0 Å². The number of likely N-dealkylation sites (N-methyl/N-ethyl adjacent to an activating group) is 2. The molecule has 1 aliphatic carbocycles. The van der Waals surface area contributed by atoms with Gasteiger partial charge >= 0.3 is 6.16 Å². The summed E-state index contributed by atoms with van der Waals surface area (Å²) >= 11 is 0. The number of anilines is 1. The van der Waals surface area contributed by atoms with Gasteiger partial charge in [-0.2, -0.15) is 0 Å². The molecule has 2 aromatic rings. The topological polar surface area (TPSA) is 149 Å². The van der Waals surface area contributed by atoms with Crippen LogP contribution in [-0.2, 0) is 45.9 Å². The molecule has 9 heterocycles. The predicted molar refractivity (Wildman–Crippen MR) is 200 cm³/mol. The standard InChI is InChI=1S/C36H37N5O8S4/c1-6-31-26(43)40-22-17-18-13-9-10-14-19(18)33(22,23(42)35(40,52-50-31)28(45)38(31)4)34-20-15-11-12-16-21(20)37-25(34)41-27(44)32(7-2)39(5)29(46)36(41,53-51-32)24(34)49-30(47)48-8-3/h9-16,22-25,37,42H,6-8,17H2,1-5H3/t22-,23-,24-,25+,31-,32-,33-,34+,35-,36-/m0/s1. The summed E-state index contributed by atoms with van der Waals surface area (Å²) in [6, 6.07) is 14.2. The summed E-state index contributed by atoms with van der Waals surface area (Å²) in [4.78, 5) is 74.7. The molecule has 2 spiro atoms. The van der Waals surface area contributed by atoms with E-state index in [1.807, 2.05) is 62.4 Å². The van der Waals surface area contributed by atoms with Gasteiger partial charge in [0.05, 0.1) is 23.5 Å². The lowest BCUT2D eigenvalue weighted by Crippen LogP contribution is -2.78. The fourth-order valence-electron chi connectivity index (χ4n) is 11.4. The number of amides is 4. The smallest absolute Gasteiger partial charge is 0.435 e. The van der Waals surface area contributed by atoms with E-state index in [1.54, 1.807) is 30.8 Å². The van der Waals surface area contributed by atoms with Crippen molar-refractivity contribution in [2.45, 2.75) is 94.8 Å². The number of aliphatic hydroxyl groups excluding tert-OH is 1. The van der Waals surface area contributed by atoms with Crippen molar-refractivity contribution in [1.82, 2.24) is 19.6 Å². The lowest BCUT2D eigenvalue weighted by molar-refractivity contribution is -0.168. The molecule has 8 fully saturated rings. The highest BCUT2D eigenvalue weighted by Gasteiger charge is 2.93. The second kappa shape index (κ2) is 10.5. The van der Waals surface area contributed by atoms with E-state index in [2.05, 4.69) is 5.32 Å². The van der Waals surface area contributed by atoms with E-state index in [-0.39, 0.29) is 24.8 Å². The Kier molecular flexibility index (Phi) is 6.80. The summed E-state index contributed by atoms with van der Waals surface area (Å²) in [7, 11) is 8.19. The molecule has 13 nitrogen and oxygen atoms in total. The molecule has 278 valence electrons. The van der Waals surface area contributed by atoms with E-state index in [4.69, 9.17) is 9.47 Å². The first kappa shape index (κ1) is 34.3. The number of hydrogen-bond acceptors (Lipinski definition) is 13. The highest BCUT2D eigenvalue weighted by Crippen LogP contribution is 2.79. The van der Waals surface area contributed by atoms with Crippen LogP contribution in [0.2, 0.25) is 0 Å². The maximum Gasteiger partial charge on any atom is 0.508 e. The van der Waals surface area contributed by atoms with Crippen molar-refractivity contribution in [3.05, 3.63) is 65.2 Å². The van der Waals surface area contributed by atoms with Gasteiger partial charge in [0, 0.05) is 19.8 Å². The van der Waals surface area contributed by atoms with E-state index in [0.29, 0.717) is 29.7 Å². The minimum absolute atomic E-state index is 0.0143. The number of piperazine rings is 2. The third-order valence-electron chi connectivity index (χ3n) is 13.5. The minimum atomic E-state index is -1.82. The van der Waals surface area contributed by atoms with Crippen LogP contribution in [0.25, 0.3) is 0 Å². The van der Waals surface area contributed by atoms with E-state index in [9.17, 15) is 14.7 Å². The summed E-state index contributed by atoms with van der Waals surface area (Å²) in [5, 5.41) is 17.3. The van der Waals surface area contributed by atoms with Crippen LogP contribution in [0.4, 0.5) is 10.5 Å². The maximum atomic E-state index is 15.3. The van der Waals surface area contributed by atoms with E-state index in [0.717, 1.165) is 5.56 Å². The molecule has 0 unspecified atom stereocenters. The van der Waals surface area contributed by atoms with Crippen molar-refractivity contribution in [3.8, 4) is 0 Å². The zero-order valence-corrected chi connectivity index (χ0v) is 32.7. The normalized spacial score (nSPS) is 42.3. The molecule has 17 heteroatoms. The molecular formula is C36H37N5O8S4. The fraction of sp³-hybridized carbons (Fsp3) is 0.528. The van der Waals surface area contributed by atoms with Crippen LogP contribution in [0.5, 0.6) is 0 Å². The van der Waals surface area contributed by atoms with E-state index < -0.39 is 72.7 Å². The van der Waals surface area contributed by atoms with Gasteiger partial charge in [-0.3, -0.25) is 24.1 Å². The number of fused-ring (bicyclic) bond motifs is 11. The second-order valence-electron chi connectivity index (χ2n) is 14.9. The van der Waals surface area contributed by atoms with E-state index in [1.165, 1.54) is 53.0 Å². The van der Waals surface area contributed by atoms with Gasteiger partial charge < -0.3 is 34.6 Å². The molecule has 10 atom stereocenters. The largest absolute Gasteiger partial charge is 0.508 e. The quantitative estimate of drug-likeness (QED) is 0.337. The van der Waals surface area contributed by atoms with Crippen molar-refractivity contribution in [2.24, 2.45) is 0 Å². The Hall–Kier alpha value is -3.25. The first-order valence-electron chi connectivity index (χ1n) is 17.8. The average Bonchev–Trinajstić information content (AvgIpc) is 3.82. The summed E-state index contributed by atoms with van der Waals surface area (Å²) in [5.74, 6) is -1.43. The monoisotopic (exact) mass is 795 g/mol. The van der Waals surface area contributed by atoms with Crippen molar-refractivity contribution in [1.29, 1.82) is 0 Å². The van der Waals surface area contributed by atoms with Crippen molar-refractivity contribution >= 4 is 78.6 Å². The number of nitrogens with one attached hydrogen (secondary N) is 1. The first-order valence-corrected chi connectivity index (χ1v) is 22.1. The molecule has 9 aliphatic heterocycles. The van der Waals surface area contributed by atoms with Gasteiger partial charge in [0.2, 0.25) is 9.74 Å². The molecule has 53 heavy (non-hydrogen) atoms. The van der Waals surface area contributed by atoms with Crippen LogP contribution in [-0.4, -0.2) is 119 Å². The molecule has 8 saturated heterocycles. The Morgan fingerprint density at radius 1 is 0.792 bits per heavy atom. The molecule has 0 saturated carbocycles. The Bertz CT molecular complexity index is 2100. The molecule has 10 aliphatic rings. The zero-order chi connectivity index (χ0) is 37.2. The van der Waals surface area contributed by atoms with Gasteiger partial charge in [-0.25, -0.2) is 4.79 Å². The number of ether oxygens (including phenoxy) is 2. The fourth-order valence-corrected chi connectivity index (χ4v) is 19.3. The molecule has 12 rings (SSSR count). The number of nitrogens with zero attached hydrogens (tertiary/aromatic N) is 4. The molecule has 2 aromatic carbocycles. The first-order chi connectivity index (χ1) is 25.4. The third kappa shape index (κ3) is 3.19. The highest BCUT2D eigenvalue weighted by atomic mass is 33.1. The molecule has 0 radical (unpaired) electrons. The zero-order valence-electron chi connectivity index (χ0n) is 29.5. The Morgan fingerprint density at radius 2 is 1.38 bits per heavy atom. The van der Waals surface area contributed by atoms with Crippen molar-refractivity contribution < 1.29 is 38.6 Å². The van der Waals surface area contributed by atoms with Crippen LogP contribution in [0.3, 0.4) is 0 Å². The van der Waals surface area contributed by atoms with E-state index >= 15 is 14.4 Å². The lowest BCUT2D eigenvalue weighted by atomic mass is 9.51. The van der Waals surface area contributed by atoms with Crippen LogP contribution < -0.4 is 5.32 Å². The van der Waals surface area contributed by atoms with Gasteiger partial charge in [0.1, 0.15) is 12.3 Å². The minimum Gasteiger partial charge on any atom is -0.435 e. The Labute approximate surface area is 321 Å². The number of para-hydroxylation sites is 1. The van der Waals surface area contributed by atoms with Crippen molar-refractivity contribution in [2.75, 3.05) is 26.0 Å². The Morgan fingerprint density at radius 3 is 2.04 bits per heavy atom. The number of aliphatic hydroxyl groups is 1. The predicted octanol–water partition coefficient (Wildman–Crippen LogP) is 3.46. The second-order valence-corrected chi connectivity index (χ2v) is 20.1. The maximum absolute atomic E-state index is 15.3. The number of benzene rings is 2. The summed E-state index contributed by atoms with van der Waals surface area (Å²) in [6.07, 6.45) is -4.24. The highest BCUT2D eigenvalue weighted by molar-refractivity contribution is 8.78. The SMILES string of the molecule is CCOC(=O)O[C@H]1[C@]2([C@@]34c5ccccc5C[C@@H]3N3C(=O)[C@]5(CC)SS[C@]3(C(=O)N5C)[C@H]4O)c3ccccc3N[C@@H]2N2C(=O)[C@]3(CC)SS[C@]12C(=O)N3C. The summed E-state index contributed by atoms with van der Waals surface area (Å²) in [6.45, 7) is 5.38. The number of carbonyl (C=O) groups is 5. The van der Waals surface area contributed by atoms with Gasteiger partial charge in [0.15, 0.2) is 15.8 Å². The van der Waals surface area contributed by atoms with Gasteiger partial charge in [0.25, 0.3) is 23.6 Å². The summed E-state index contributed by atoms with van der Waals surface area (Å²) < 4.78 is 12.0. The molecule has 4 bridgehead atoms. The molecule has 2 N–H and O–H groups in total. The number of carbonyl (C=O) groups excluding carboxylic acids is 5. The number of hydrogen-bond donors (Lipinski definition) is 2. The van der Waals surface area contributed by atoms with Gasteiger partial charge in [-0.15, -0.1) is 0 Å². The number of rotatable bonds is 5. The Balaban J connectivity index is 1.36. The van der Waals surface area contributed by atoms with Crippen molar-refractivity contribution in [3.63, 3.8) is 0 Å². The lowest BCUT2D eigenvalue weighted by Gasteiger charge is -2.59. The average molecular weight is 796 g/mol. The molecule has 0 aromatic heterocycles. The van der Waals surface area contributed by atoms with Gasteiger partial charge in [-0.05, 0) is 70.5 Å². The molecular weight excluding hydrogens is 759 g/mol. The van der Waals surface area contributed by atoms with Gasteiger partial charge in [-0.1, -0.05) is 77.9 Å². The summed E-state index contributed by atoms with van der Waals surface area (Å²) in [5.41, 5.74) is -0.519. The van der Waals surface area contributed by atoms with Crippen LogP contribution >= 0.6 is 43.2 Å². The van der Waals surface area contributed by atoms with Crippen LogP contribution in [0.1, 0.15) is 50.3 Å².